The number of esters is 1. The lowest BCUT2D eigenvalue weighted by Gasteiger charge is -2.10. The predicted octanol–water partition coefficient (Wildman–Crippen LogP) is 5.56. The molecule has 0 fully saturated rings. The Morgan fingerprint density at radius 3 is 1.89 bits per heavy atom. The minimum atomic E-state index is -0.617. The molecule has 182 valence electrons. The summed E-state index contributed by atoms with van der Waals surface area (Å²) in [5, 5.41) is 5.40. The minimum Gasteiger partial charge on any atom is -0.457 e. The van der Waals surface area contributed by atoms with Crippen molar-refractivity contribution < 1.29 is 23.9 Å². The van der Waals surface area contributed by atoms with Crippen molar-refractivity contribution in [3.8, 4) is 11.5 Å². The Morgan fingerprint density at radius 1 is 0.714 bits per heavy atom. The van der Waals surface area contributed by atoms with Crippen LogP contribution < -0.4 is 15.4 Å². The van der Waals surface area contributed by atoms with Gasteiger partial charge in [-0.2, -0.15) is 0 Å². The molecular weight excluding hydrogens is 444 g/mol. The van der Waals surface area contributed by atoms with Gasteiger partial charge >= 0.3 is 5.97 Å². The fourth-order valence-electron chi connectivity index (χ4n) is 3.41. The van der Waals surface area contributed by atoms with Gasteiger partial charge in [-0.3, -0.25) is 14.4 Å². The molecule has 3 rings (SSSR count). The molecule has 0 saturated carbocycles. The summed E-state index contributed by atoms with van der Waals surface area (Å²) >= 11 is 0. The number of carbonyl (C=O) groups excluding carboxylic acids is 3. The molecule has 0 unspecified atom stereocenters. The molecule has 0 saturated heterocycles. The Morgan fingerprint density at radius 2 is 1.29 bits per heavy atom. The summed E-state index contributed by atoms with van der Waals surface area (Å²) in [5.74, 6) is 0.0199. The Labute approximate surface area is 205 Å². The second kappa shape index (κ2) is 12.4. The first-order valence-corrected chi connectivity index (χ1v) is 11.5. The summed E-state index contributed by atoms with van der Waals surface area (Å²) in [7, 11) is 0. The molecule has 35 heavy (non-hydrogen) atoms. The van der Waals surface area contributed by atoms with E-state index in [0.717, 1.165) is 28.9 Å². The maximum Gasteiger partial charge on any atom is 0.306 e. The lowest BCUT2D eigenvalue weighted by atomic mass is 10.1. The zero-order valence-electron chi connectivity index (χ0n) is 20.2. The van der Waals surface area contributed by atoms with Gasteiger partial charge in [0.2, 0.25) is 5.91 Å². The van der Waals surface area contributed by atoms with Crippen LogP contribution in [0.5, 0.6) is 11.5 Å². The highest BCUT2D eigenvalue weighted by molar-refractivity contribution is 5.94. The number of anilines is 2. The molecule has 0 radical (unpaired) electrons. The van der Waals surface area contributed by atoms with E-state index >= 15 is 0 Å². The third-order valence-electron chi connectivity index (χ3n) is 5.14. The number of nitrogens with one attached hydrogen (secondary N) is 2. The number of benzene rings is 3. The quantitative estimate of drug-likeness (QED) is 0.375. The molecular formula is C28H30N2O5. The fraction of sp³-hybridized carbons (Fsp3) is 0.250. The molecule has 0 aliphatic heterocycles. The van der Waals surface area contributed by atoms with Crippen molar-refractivity contribution in [2.24, 2.45) is 0 Å². The number of ether oxygens (including phenoxy) is 2. The molecule has 0 aliphatic rings. The van der Waals surface area contributed by atoms with E-state index in [1.165, 1.54) is 0 Å². The standard InChI is InChI=1S/C28H30N2O5/c1-4-21-5-7-22(8-6-21)30-27(32)18-34-28(33)14-13-26(31)29-23-9-11-24(12-10-23)35-25-16-19(2)15-20(3)17-25/h5-12,15-17H,4,13-14,18H2,1-3H3,(H,29,31)(H,30,32). The molecule has 0 aliphatic carbocycles. The van der Waals surface area contributed by atoms with Crippen LogP contribution in [0.1, 0.15) is 36.5 Å². The largest absolute Gasteiger partial charge is 0.457 e. The fourth-order valence-corrected chi connectivity index (χ4v) is 3.41. The topological polar surface area (TPSA) is 93.7 Å². The Kier molecular flexibility index (Phi) is 9.01. The van der Waals surface area contributed by atoms with Crippen LogP contribution in [0.25, 0.3) is 0 Å². The second-order valence-electron chi connectivity index (χ2n) is 8.26. The Hall–Kier alpha value is -4.13. The molecule has 7 nitrogen and oxygen atoms in total. The normalized spacial score (nSPS) is 10.4. The molecule has 3 aromatic rings. The molecule has 2 N–H and O–H groups in total. The van der Waals surface area contributed by atoms with E-state index in [1.807, 2.05) is 45.0 Å². The van der Waals surface area contributed by atoms with Crippen LogP contribution in [0.4, 0.5) is 11.4 Å². The van der Waals surface area contributed by atoms with E-state index in [1.54, 1.807) is 36.4 Å². The average Bonchev–Trinajstić information content (AvgIpc) is 2.82. The van der Waals surface area contributed by atoms with Crippen LogP contribution in [-0.2, 0) is 25.5 Å². The van der Waals surface area contributed by atoms with Crippen molar-refractivity contribution in [1.82, 2.24) is 0 Å². The van der Waals surface area contributed by atoms with Gasteiger partial charge in [0.05, 0.1) is 6.42 Å². The van der Waals surface area contributed by atoms with Crippen LogP contribution in [0.15, 0.2) is 66.7 Å². The maximum atomic E-state index is 12.2. The monoisotopic (exact) mass is 474 g/mol. The van der Waals surface area contributed by atoms with Gasteiger partial charge in [0.25, 0.3) is 5.91 Å². The van der Waals surface area contributed by atoms with Gasteiger partial charge in [0, 0.05) is 17.8 Å². The molecule has 0 aromatic heterocycles. The van der Waals surface area contributed by atoms with Crippen molar-refractivity contribution in [2.75, 3.05) is 17.2 Å². The van der Waals surface area contributed by atoms with Gasteiger partial charge in [0.1, 0.15) is 11.5 Å². The zero-order chi connectivity index (χ0) is 25.2. The van der Waals surface area contributed by atoms with Gasteiger partial charge in [-0.1, -0.05) is 25.1 Å². The number of carbonyl (C=O) groups is 3. The average molecular weight is 475 g/mol. The smallest absolute Gasteiger partial charge is 0.306 e. The first-order chi connectivity index (χ1) is 16.8. The third-order valence-corrected chi connectivity index (χ3v) is 5.14. The summed E-state index contributed by atoms with van der Waals surface area (Å²) in [4.78, 5) is 36.0. The molecule has 3 aromatic carbocycles. The first kappa shape index (κ1) is 25.5. The highest BCUT2D eigenvalue weighted by atomic mass is 16.5. The Balaban J connectivity index is 1.37. The van der Waals surface area contributed by atoms with Gasteiger partial charge in [0.15, 0.2) is 6.61 Å². The van der Waals surface area contributed by atoms with E-state index in [2.05, 4.69) is 16.7 Å². The van der Waals surface area contributed by atoms with E-state index < -0.39 is 18.5 Å². The van der Waals surface area contributed by atoms with E-state index in [-0.39, 0.29) is 18.7 Å². The number of aryl methyl sites for hydroxylation is 3. The lowest BCUT2D eigenvalue weighted by molar-refractivity contribution is -0.147. The van der Waals surface area contributed by atoms with Crippen molar-refractivity contribution in [3.63, 3.8) is 0 Å². The van der Waals surface area contributed by atoms with Crippen LogP contribution in [-0.4, -0.2) is 24.4 Å². The van der Waals surface area contributed by atoms with Crippen molar-refractivity contribution in [2.45, 2.75) is 40.0 Å². The van der Waals surface area contributed by atoms with Gasteiger partial charge < -0.3 is 20.1 Å². The van der Waals surface area contributed by atoms with Crippen molar-refractivity contribution in [3.05, 3.63) is 83.4 Å². The molecule has 7 heteroatoms. The number of hydrogen-bond acceptors (Lipinski definition) is 5. The SMILES string of the molecule is CCc1ccc(NC(=O)COC(=O)CCC(=O)Nc2ccc(Oc3cc(C)cc(C)c3)cc2)cc1. The van der Waals surface area contributed by atoms with Crippen LogP contribution in [0.3, 0.4) is 0 Å². The molecule has 0 spiro atoms. The van der Waals surface area contributed by atoms with E-state index in [4.69, 9.17) is 9.47 Å². The van der Waals surface area contributed by atoms with Crippen LogP contribution in [0.2, 0.25) is 0 Å². The Bertz CT molecular complexity index is 1150. The second-order valence-corrected chi connectivity index (χ2v) is 8.26. The maximum absolute atomic E-state index is 12.2. The summed E-state index contributed by atoms with van der Waals surface area (Å²) in [6.07, 6.45) is 0.727. The van der Waals surface area contributed by atoms with Gasteiger partial charge in [-0.25, -0.2) is 0 Å². The number of rotatable bonds is 10. The first-order valence-electron chi connectivity index (χ1n) is 11.5. The summed E-state index contributed by atoms with van der Waals surface area (Å²) < 4.78 is 10.8. The van der Waals surface area contributed by atoms with E-state index in [0.29, 0.717) is 17.1 Å². The predicted molar refractivity (Wildman–Crippen MR) is 136 cm³/mol. The van der Waals surface area contributed by atoms with E-state index in [9.17, 15) is 14.4 Å². The summed E-state index contributed by atoms with van der Waals surface area (Å²) in [5.41, 5.74) is 4.61. The summed E-state index contributed by atoms with van der Waals surface area (Å²) in [6, 6.07) is 20.4. The van der Waals surface area contributed by atoms with Crippen LogP contribution >= 0.6 is 0 Å². The number of hydrogen-bond donors (Lipinski definition) is 2. The number of amides is 2. The zero-order valence-corrected chi connectivity index (χ0v) is 20.2. The van der Waals surface area contributed by atoms with Crippen molar-refractivity contribution in [1.29, 1.82) is 0 Å². The van der Waals surface area contributed by atoms with Crippen LogP contribution in [0, 0.1) is 13.8 Å². The molecule has 0 bridgehead atoms. The highest BCUT2D eigenvalue weighted by Gasteiger charge is 2.11. The minimum absolute atomic E-state index is 0.0558. The molecule has 0 atom stereocenters. The molecule has 2 amide bonds. The van der Waals surface area contributed by atoms with Gasteiger partial charge in [-0.05, 0) is 85.5 Å². The highest BCUT2D eigenvalue weighted by Crippen LogP contribution is 2.25. The molecule has 0 heterocycles. The summed E-state index contributed by atoms with van der Waals surface area (Å²) in [6.45, 7) is 5.66. The van der Waals surface area contributed by atoms with Crippen molar-refractivity contribution >= 4 is 29.2 Å². The third kappa shape index (κ3) is 8.62. The lowest BCUT2D eigenvalue weighted by Crippen LogP contribution is -2.21. The van der Waals surface area contributed by atoms with Gasteiger partial charge in [-0.15, -0.1) is 0 Å².